The normalized spacial score (nSPS) is 16.8. The molecule has 0 radical (unpaired) electrons. The molecule has 1 aliphatic heterocycles. The zero-order valence-electron chi connectivity index (χ0n) is 19.3. The number of nitrogens with zero attached hydrogens (tertiary/aromatic N) is 2. The van der Waals surface area contributed by atoms with E-state index in [1.54, 1.807) is 41.3 Å². The van der Waals surface area contributed by atoms with Gasteiger partial charge in [0.25, 0.3) is 5.91 Å². The van der Waals surface area contributed by atoms with Gasteiger partial charge in [0, 0.05) is 26.2 Å². The second-order valence-corrected chi connectivity index (χ2v) is 9.83. The lowest BCUT2D eigenvalue weighted by atomic mass is 9.98. The van der Waals surface area contributed by atoms with Gasteiger partial charge in [-0.15, -0.1) is 0 Å². The fourth-order valence-corrected chi connectivity index (χ4v) is 5.49. The number of anilines is 1. The molecule has 3 rings (SSSR count). The summed E-state index contributed by atoms with van der Waals surface area (Å²) in [6, 6.07) is 13.1. The first-order valence-electron chi connectivity index (χ1n) is 11.1. The summed E-state index contributed by atoms with van der Waals surface area (Å²) >= 11 is 0. The van der Waals surface area contributed by atoms with Crippen LogP contribution in [0, 0.1) is 5.92 Å². The Morgan fingerprint density at radius 3 is 2.39 bits per heavy atom. The Morgan fingerprint density at radius 2 is 1.76 bits per heavy atom. The number of benzene rings is 2. The van der Waals surface area contributed by atoms with E-state index in [9.17, 15) is 18.0 Å². The predicted molar refractivity (Wildman–Crippen MR) is 127 cm³/mol. The van der Waals surface area contributed by atoms with E-state index in [1.165, 1.54) is 23.5 Å². The molecule has 33 heavy (non-hydrogen) atoms. The lowest BCUT2D eigenvalue weighted by molar-refractivity contribution is -0.120. The van der Waals surface area contributed by atoms with Crippen molar-refractivity contribution >= 4 is 27.5 Å². The number of rotatable bonds is 8. The molecule has 1 fully saturated rings. The summed E-state index contributed by atoms with van der Waals surface area (Å²) in [7, 11) is -2.21. The van der Waals surface area contributed by atoms with E-state index >= 15 is 0 Å². The molecular weight excluding hydrogens is 442 g/mol. The highest BCUT2D eigenvalue weighted by Gasteiger charge is 2.33. The van der Waals surface area contributed by atoms with Crippen LogP contribution >= 0.6 is 0 Å². The van der Waals surface area contributed by atoms with Crippen molar-refractivity contribution in [3.8, 4) is 5.75 Å². The van der Waals surface area contributed by atoms with Gasteiger partial charge in [0.2, 0.25) is 15.9 Å². The average molecular weight is 474 g/mol. The highest BCUT2D eigenvalue weighted by atomic mass is 32.2. The van der Waals surface area contributed by atoms with E-state index in [1.807, 2.05) is 13.8 Å². The van der Waals surface area contributed by atoms with Crippen molar-refractivity contribution in [2.45, 2.75) is 31.6 Å². The monoisotopic (exact) mass is 473 g/mol. The third-order valence-electron chi connectivity index (χ3n) is 5.92. The average Bonchev–Trinajstić information content (AvgIpc) is 2.85. The Kier molecular flexibility index (Phi) is 8.10. The van der Waals surface area contributed by atoms with Crippen molar-refractivity contribution in [1.82, 2.24) is 9.21 Å². The second kappa shape index (κ2) is 10.8. The molecule has 0 spiro atoms. The maximum atomic E-state index is 13.1. The van der Waals surface area contributed by atoms with Crippen LogP contribution < -0.4 is 10.1 Å². The first-order chi connectivity index (χ1) is 15.8. The summed E-state index contributed by atoms with van der Waals surface area (Å²) in [6.45, 7) is 5.39. The smallest absolute Gasteiger partial charge is 0.255 e. The Bertz CT molecular complexity index is 1080. The molecule has 0 aromatic heterocycles. The number of carbonyl (C=O) groups excluding carboxylic acids is 2. The molecule has 1 saturated heterocycles. The molecule has 2 aromatic rings. The molecule has 1 atom stereocenters. The summed E-state index contributed by atoms with van der Waals surface area (Å²) in [4.78, 5) is 27.8. The summed E-state index contributed by atoms with van der Waals surface area (Å²) in [5.74, 6) is -0.376. The van der Waals surface area contributed by atoms with Crippen LogP contribution in [0.4, 0.5) is 5.69 Å². The largest absolute Gasteiger partial charge is 0.497 e. The number of piperidine rings is 1. The quantitative estimate of drug-likeness (QED) is 0.635. The van der Waals surface area contributed by atoms with Gasteiger partial charge in [-0.25, -0.2) is 8.42 Å². The number of ether oxygens (including phenoxy) is 1. The lowest BCUT2D eigenvalue weighted by Gasteiger charge is -2.31. The zero-order valence-corrected chi connectivity index (χ0v) is 20.1. The van der Waals surface area contributed by atoms with Crippen LogP contribution in [0.3, 0.4) is 0 Å². The van der Waals surface area contributed by atoms with Crippen LogP contribution in [0.5, 0.6) is 5.75 Å². The molecule has 1 aliphatic rings. The van der Waals surface area contributed by atoms with E-state index in [0.29, 0.717) is 49.5 Å². The number of para-hydroxylation sites is 1. The van der Waals surface area contributed by atoms with Crippen LogP contribution in [0.1, 0.15) is 37.0 Å². The highest BCUT2D eigenvalue weighted by molar-refractivity contribution is 7.89. The molecule has 0 bridgehead atoms. The number of hydrogen-bond donors (Lipinski definition) is 1. The van der Waals surface area contributed by atoms with Crippen molar-refractivity contribution in [2.75, 3.05) is 38.6 Å². The van der Waals surface area contributed by atoms with Gasteiger partial charge in [0.1, 0.15) is 5.75 Å². The minimum atomic E-state index is -3.73. The maximum absolute atomic E-state index is 13.1. The van der Waals surface area contributed by atoms with Gasteiger partial charge in [-0.05, 0) is 63.1 Å². The molecule has 0 aliphatic carbocycles. The van der Waals surface area contributed by atoms with Gasteiger partial charge in [0.15, 0.2) is 0 Å². The molecular formula is C24H31N3O5S. The Hall–Kier alpha value is -2.91. The molecule has 178 valence electrons. The third kappa shape index (κ3) is 5.54. The summed E-state index contributed by atoms with van der Waals surface area (Å²) in [5.41, 5.74) is 0.864. The van der Waals surface area contributed by atoms with Crippen molar-refractivity contribution in [2.24, 2.45) is 5.92 Å². The summed E-state index contributed by atoms with van der Waals surface area (Å²) in [5, 5.41) is 2.87. The van der Waals surface area contributed by atoms with Crippen LogP contribution in [-0.2, 0) is 14.8 Å². The number of sulfonamides is 1. The topological polar surface area (TPSA) is 96.0 Å². The molecule has 9 heteroatoms. The fourth-order valence-electron chi connectivity index (χ4n) is 3.97. The number of nitrogens with one attached hydrogen (secondary N) is 1. The first kappa shape index (κ1) is 24.7. The number of carbonyl (C=O) groups is 2. The van der Waals surface area contributed by atoms with Crippen molar-refractivity contribution < 1.29 is 22.7 Å². The number of methoxy groups -OCH3 is 1. The minimum absolute atomic E-state index is 0.0896. The van der Waals surface area contributed by atoms with E-state index in [2.05, 4.69) is 5.32 Å². The third-order valence-corrected chi connectivity index (χ3v) is 7.80. The van der Waals surface area contributed by atoms with Gasteiger partial charge in [-0.2, -0.15) is 4.31 Å². The zero-order chi connectivity index (χ0) is 24.0. The van der Waals surface area contributed by atoms with Gasteiger partial charge in [-0.1, -0.05) is 12.1 Å². The van der Waals surface area contributed by atoms with Crippen molar-refractivity contribution in [3.63, 3.8) is 0 Å². The van der Waals surface area contributed by atoms with E-state index in [0.717, 1.165) is 0 Å². The molecule has 2 amide bonds. The molecule has 2 aromatic carbocycles. The first-order valence-corrected chi connectivity index (χ1v) is 12.6. The Morgan fingerprint density at radius 1 is 1.09 bits per heavy atom. The van der Waals surface area contributed by atoms with Crippen LogP contribution in [0.2, 0.25) is 0 Å². The minimum Gasteiger partial charge on any atom is -0.497 e. The molecule has 1 unspecified atom stereocenters. The second-order valence-electron chi connectivity index (χ2n) is 7.89. The number of hydrogen-bond acceptors (Lipinski definition) is 5. The van der Waals surface area contributed by atoms with E-state index in [4.69, 9.17) is 4.74 Å². The SMILES string of the molecule is CCN(CC)C(=O)c1ccccc1NC(=O)C1CCCN(S(=O)(=O)c2ccc(OC)cc2)C1. The molecule has 0 saturated carbocycles. The molecule has 8 nitrogen and oxygen atoms in total. The van der Waals surface area contributed by atoms with Gasteiger partial charge in [-0.3, -0.25) is 9.59 Å². The highest BCUT2D eigenvalue weighted by Crippen LogP contribution is 2.27. The standard InChI is InChI=1S/C24H31N3O5S/c1-4-26(5-2)24(29)21-10-6-7-11-22(21)25-23(28)18-9-8-16-27(17-18)33(30,31)20-14-12-19(32-3)13-15-20/h6-7,10-15,18H,4-5,8-9,16-17H2,1-3H3,(H,25,28). The predicted octanol–water partition coefficient (Wildman–Crippen LogP) is 3.22. The van der Waals surface area contributed by atoms with E-state index < -0.39 is 15.9 Å². The van der Waals surface area contributed by atoms with Crippen molar-refractivity contribution in [1.29, 1.82) is 0 Å². The molecule has 1 N–H and O–H groups in total. The van der Waals surface area contributed by atoms with Gasteiger partial charge < -0.3 is 15.0 Å². The Balaban J connectivity index is 1.75. The Labute approximate surface area is 195 Å². The maximum Gasteiger partial charge on any atom is 0.255 e. The fraction of sp³-hybridized carbons (Fsp3) is 0.417. The summed E-state index contributed by atoms with van der Waals surface area (Å²) in [6.07, 6.45) is 1.15. The molecule has 1 heterocycles. The van der Waals surface area contributed by atoms with Crippen LogP contribution in [-0.4, -0.2) is 62.7 Å². The van der Waals surface area contributed by atoms with Crippen LogP contribution in [0.15, 0.2) is 53.4 Å². The van der Waals surface area contributed by atoms with E-state index in [-0.39, 0.29) is 23.3 Å². The van der Waals surface area contributed by atoms with Crippen LogP contribution in [0.25, 0.3) is 0 Å². The van der Waals surface area contributed by atoms with Crippen molar-refractivity contribution in [3.05, 3.63) is 54.1 Å². The van der Waals surface area contributed by atoms with Gasteiger partial charge in [0.05, 0.1) is 29.2 Å². The summed E-state index contributed by atoms with van der Waals surface area (Å²) < 4.78 is 32.7. The lowest BCUT2D eigenvalue weighted by Crippen LogP contribution is -2.43. The number of amides is 2. The van der Waals surface area contributed by atoms with Gasteiger partial charge >= 0.3 is 0 Å².